The topological polar surface area (TPSA) is 48.8 Å². The molecule has 2 N–H and O–H groups in total. The second-order valence-corrected chi connectivity index (χ2v) is 5.04. The first-order valence-electron chi connectivity index (χ1n) is 7.00. The second-order valence-electron chi connectivity index (χ2n) is 5.04. The second kappa shape index (κ2) is 6.33. The molecule has 2 rings (SSSR count). The number of nitrogens with one attached hydrogen (secondary N) is 2. The summed E-state index contributed by atoms with van der Waals surface area (Å²) in [6.07, 6.45) is 2.78. The third-order valence-electron chi connectivity index (χ3n) is 3.49. The van der Waals surface area contributed by atoms with E-state index in [1.54, 1.807) is 6.20 Å². The number of pyridine rings is 1. The van der Waals surface area contributed by atoms with Crippen LogP contribution in [0.4, 0.5) is 5.82 Å². The lowest BCUT2D eigenvalue weighted by molar-refractivity contribution is 0.759. The van der Waals surface area contributed by atoms with Gasteiger partial charge in [0.1, 0.15) is 5.82 Å². The summed E-state index contributed by atoms with van der Waals surface area (Å²) in [7, 11) is 0. The average molecular weight is 267 g/mol. The van der Waals surface area contributed by atoms with Gasteiger partial charge in [-0.05, 0) is 38.0 Å². The van der Waals surface area contributed by atoms with Gasteiger partial charge in [0.25, 0.3) is 0 Å². The molecule has 0 bridgehead atoms. The molecule has 1 aromatic heterocycles. The van der Waals surface area contributed by atoms with E-state index in [2.05, 4.69) is 24.1 Å². The van der Waals surface area contributed by atoms with Crippen molar-refractivity contribution >= 4 is 11.5 Å². The van der Waals surface area contributed by atoms with Crippen molar-refractivity contribution in [3.63, 3.8) is 0 Å². The number of rotatable bonds is 5. The molecule has 0 spiro atoms. The molecule has 0 radical (unpaired) electrons. The molecule has 0 amide bonds. The zero-order valence-corrected chi connectivity index (χ0v) is 12.3. The predicted octanol–water partition coefficient (Wildman–Crippen LogP) is 4.02. The minimum absolute atomic E-state index is 0.341. The summed E-state index contributed by atoms with van der Waals surface area (Å²) in [5.74, 6) is 0.787. The van der Waals surface area contributed by atoms with Crippen LogP contribution in [0.1, 0.15) is 37.0 Å². The summed E-state index contributed by atoms with van der Waals surface area (Å²) in [6.45, 7) is 6.28. The molecule has 2 aromatic rings. The molecule has 1 atom stereocenters. The van der Waals surface area contributed by atoms with Crippen LogP contribution in [0.15, 0.2) is 42.6 Å². The van der Waals surface area contributed by atoms with Gasteiger partial charge in [0.2, 0.25) is 0 Å². The SMILES string of the molecule is CCC(C)Nc1ncccc1C(=N)c1ccccc1C. The Balaban J connectivity index is 2.38. The van der Waals surface area contributed by atoms with Crippen LogP contribution < -0.4 is 5.32 Å². The Bertz CT molecular complexity index is 605. The van der Waals surface area contributed by atoms with E-state index in [-0.39, 0.29) is 0 Å². The van der Waals surface area contributed by atoms with Crippen LogP contribution in [-0.4, -0.2) is 16.7 Å². The standard InChI is InChI=1S/C17H21N3/c1-4-13(3)20-17-15(10-7-11-19-17)16(18)14-9-6-5-8-12(14)2/h5-11,13,18H,4H2,1-3H3,(H,19,20). The van der Waals surface area contributed by atoms with Crippen LogP contribution in [0.5, 0.6) is 0 Å². The highest BCUT2D eigenvalue weighted by Crippen LogP contribution is 2.20. The molecule has 3 heteroatoms. The van der Waals surface area contributed by atoms with E-state index >= 15 is 0 Å². The average Bonchev–Trinajstić information content (AvgIpc) is 2.47. The third-order valence-corrected chi connectivity index (χ3v) is 3.49. The van der Waals surface area contributed by atoms with Crippen molar-refractivity contribution in [2.75, 3.05) is 5.32 Å². The van der Waals surface area contributed by atoms with E-state index in [9.17, 15) is 0 Å². The molecule has 0 fully saturated rings. The Morgan fingerprint density at radius 3 is 2.60 bits per heavy atom. The summed E-state index contributed by atoms with van der Waals surface area (Å²) in [6, 6.07) is 12.1. The van der Waals surface area contributed by atoms with Gasteiger partial charge in [-0.1, -0.05) is 31.2 Å². The van der Waals surface area contributed by atoms with E-state index in [1.807, 2.05) is 43.3 Å². The highest BCUT2D eigenvalue weighted by atomic mass is 15.0. The summed E-state index contributed by atoms with van der Waals surface area (Å²) in [4.78, 5) is 4.39. The Morgan fingerprint density at radius 2 is 1.90 bits per heavy atom. The van der Waals surface area contributed by atoms with Crippen molar-refractivity contribution < 1.29 is 0 Å². The molecule has 20 heavy (non-hydrogen) atoms. The molecular weight excluding hydrogens is 246 g/mol. The van der Waals surface area contributed by atoms with Crippen LogP contribution >= 0.6 is 0 Å². The summed E-state index contributed by atoms with van der Waals surface area (Å²) < 4.78 is 0. The van der Waals surface area contributed by atoms with Gasteiger partial charge in [0.15, 0.2) is 0 Å². The molecular formula is C17H21N3. The fourth-order valence-corrected chi connectivity index (χ4v) is 2.06. The molecule has 0 saturated heterocycles. The summed E-state index contributed by atoms with van der Waals surface area (Å²) >= 11 is 0. The Kier molecular flexibility index (Phi) is 4.51. The monoisotopic (exact) mass is 267 g/mol. The van der Waals surface area contributed by atoms with E-state index in [4.69, 9.17) is 5.41 Å². The first kappa shape index (κ1) is 14.3. The highest BCUT2D eigenvalue weighted by Gasteiger charge is 2.13. The van der Waals surface area contributed by atoms with Crippen LogP contribution in [0, 0.1) is 12.3 Å². The minimum atomic E-state index is 0.341. The highest BCUT2D eigenvalue weighted by molar-refractivity contribution is 6.14. The van der Waals surface area contributed by atoms with Crippen molar-refractivity contribution in [3.8, 4) is 0 Å². The van der Waals surface area contributed by atoms with Crippen molar-refractivity contribution in [3.05, 3.63) is 59.3 Å². The van der Waals surface area contributed by atoms with Crippen molar-refractivity contribution in [2.45, 2.75) is 33.2 Å². The molecule has 3 nitrogen and oxygen atoms in total. The zero-order chi connectivity index (χ0) is 14.5. The van der Waals surface area contributed by atoms with Crippen LogP contribution in [0.3, 0.4) is 0 Å². The van der Waals surface area contributed by atoms with E-state index in [1.165, 1.54) is 0 Å². The lowest BCUT2D eigenvalue weighted by Gasteiger charge is -2.16. The maximum Gasteiger partial charge on any atom is 0.135 e. The Morgan fingerprint density at radius 1 is 1.20 bits per heavy atom. The van der Waals surface area contributed by atoms with Gasteiger partial charge >= 0.3 is 0 Å². The lowest BCUT2D eigenvalue weighted by atomic mass is 9.98. The number of nitrogens with zero attached hydrogens (tertiary/aromatic N) is 1. The number of benzene rings is 1. The summed E-state index contributed by atoms with van der Waals surface area (Å²) in [5.41, 5.74) is 3.42. The number of aromatic nitrogens is 1. The van der Waals surface area contributed by atoms with Crippen LogP contribution in [0.25, 0.3) is 0 Å². The number of hydrogen-bond donors (Lipinski definition) is 2. The normalized spacial score (nSPS) is 11.9. The van der Waals surface area contributed by atoms with Crippen molar-refractivity contribution in [1.29, 1.82) is 5.41 Å². The van der Waals surface area contributed by atoms with Gasteiger partial charge < -0.3 is 5.32 Å². The third kappa shape index (κ3) is 3.05. The molecule has 1 aromatic carbocycles. The quantitative estimate of drug-likeness (QED) is 0.804. The molecule has 0 saturated carbocycles. The molecule has 1 unspecified atom stereocenters. The molecule has 0 aliphatic heterocycles. The number of hydrogen-bond acceptors (Lipinski definition) is 3. The molecule has 0 aliphatic rings. The number of aryl methyl sites for hydroxylation is 1. The van der Waals surface area contributed by atoms with Crippen molar-refractivity contribution in [2.24, 2.45) is 0 Å². The molecule has 0 aliphatic carbocycles. The zero-order valence-electron chi connectivity index (χ0n) is 12.3. The first-order chi connectivity index (χ1) is 9.63. The molecule has 1 heterocycles. The fourth-order valence-electron chi connectivity index (χ4n) is 2.06. The predicted molar refractivity (Wildman–Crippen MR) is 84.7 cm³/mol. The molecule has 104 valence electrons. The Labute approximate surface area is 120 Å². The van der Waals surface area contributed by atoms with Gasteiger partial charge in [-0.15, -0.1) is 0 Å². The van der Waals surface area contributed by atoms with Gasteiger partial charge in [-0.2, -0.15) is 0 Å². The largest absolute Gasteiger partial charge is 0.367 e. The smallest absolute Gasteiger partial charge is 0.135 e. The number of anilines is 1. The van der Waals surface area contributed by atoms with E-state index in [0.717, 1.165) is 28.9 Å². The van der Waals surface area contributed by atoms with Gasteiger partial charge in [-0.25, -0.2) is 4.98 Å². The maximum atomic E-state index is 8.47. The minimum Gasteiger partial charge on any atom is -0.367 e. The maximum absolute atomic E-state index is 8.47. The van der Waals surface area contributed by atoms with Crippen LogP contribution in [0.2, 0.25) is 0 Å². The van der Waals surface area contributed by atoms with Crippen molar-refractivity contribution in [1.82, 2.24) is 4.98 Å². The Hall–Kier alpha value is -2.16. The van der Waals surface area contributed by atoms with Crippen LogP contribution in [-0.2, 0) is 0 Å². The van der Waals surface area contributed by atoms with Gasteiger partial charge in [0, 0.05) is 23.4 Å². The lowest BCUT2D eigenvalue weighted by Crippen LogP contribution is -2.18. The van der Waals surface area contributed by atoms with Gasteiger partial charge in [0.05, 0.1) is 5.71 Å². The summed E-state index contributed by atoms with van der Waals surface area (Å²) in [5, 5.41) is 11.9. The van der Waals surface area contributed by atoms with E-state index < -0.39 is 0 Å². The first-order valence-corrected chi connectivity index (χ1v) is 7.00. The fraction of sp³-hybridized carbons (Fsp3) is 0.294. The van der Waals surface area contributed by atoms with E-state index in [0.29, 0.717) is 11.8 Å². The van der Waals surface area contributed by atoms with Gasteiger partial charge in [-0.3, -0.25) is 5.41 Å².